The number of methoxy groups -OCH3 is 1. The van der Waals surface area contributed by atoms with Crippen LogP contribution in [-0.4, -0.2) is 27.7 Å². The maximum absolute atomic E-state index is 11.1. The molecule has 0 bridgehead atoms. The molecule has 78 valence electrons. The Morgan fingerprint density at radius 1 is 1.86 bits per heavy atom. The molecule has 4 nitrogen and oxygen atoms in total. The third kappa shape index (κ3) is 2.48. The SMILES string of the molecule is COC(=O)C(Br)Cn1ncc(Cl)c1C. The summed E-state index contributed by atoms with van der Waals surface area (Å²) in [6.45, 7) is 2.25. The summed E-state index contributed by atoms with van der Waals surface area (Å²) in [6, 6.07) is 0. The summed E-state index contributed by atoms with van der Waals surface area (Å²) in [5.74, 6) is -0.323. The summed E-state index contributed by atoms with van der Waals surface area (Å²) < 4.78 is 6.22. The number of aromatic nitrogens is 2. The molecule has 1 aromatic heterocycles. The summed E-state index contributed by atoms with van der Waals surface area (Å²) in [5.41, 5.74) is 0.833. The van der Waals surface area contributed by atoms with E-state index in [1.54, 1.807) is 10.9 Å². The van der Waals surface area contributed by atoms with E-state index >= 15 is 0 Å². The Bertz CT molecular complexity index is 340. The van der Waals surface area contributed by atoms with Gasteiger partial charge in [0.05, 0.1) is 30.6 Å². The fourth-order valence-electron chi connectivity index (χ4n) is 0.962. The van der Waals surface area contributed by atoms with Crippen LogP contribution in [0.2, 0.25) is 5.02 Å². The molecule has 1 unspecified atom stereocenters. The lowest BCUT2D eigenvalue weighted by Gasteiger charge is -2.08. The molecule has 0 aliphatic rings. The molecule has 1 heterocycles. The van der Waals surface area contributed by atoms with Gasteiger partial charge in [0.2, 0.25) is 0 Å². The average Bonchev–Trinajstić information content (AvgIpc) is 2.48. The van der Waals surface area contributed by atoms with Crippen LogP contribution in [0, 0.1) is 6.92 Å². The van der Waals surface area contributed by atoms with E-state index in [1.165, 1.54) is 7.11 Å². The van der Waals surface area contributed by atoms with Crippen LogP contribution in [0.25, 0.3) is 0 Å². The van der Waals surface area contributed by atoms with E-state index in [0.29, 0.717) is 11.6 Å². The van der Waals surface area contributed by atoms with Crippen molar-refractivity contribution >= 4 is 33.5 Å². The highest BCUT2D eigenvalue weighted by Crippen LogP contribution is 2.15. The number of carbonyl (C=O) groups excluding carboxylic acids is 1. The van der Waals surface area contributed by atoms with E-state index in [9.17, 15) is 4.79 Å². The summed E-state index contributed by atoms with van der Waals surface area (Å²) in [5, 5.41) is 4.61. The first-order valence-corrected chi connectivity index (χ1v) is 5.25. The van der Waals surface area contributed by atoms with Crippen molar-refractivity contribution in [3.05, 3.63) is 16.9 Å². The molecule has 1 aromatic rings. The van der Waals surface area contributed by atoms with Crippen molar-refractivity contribution in [2.24, 2.45) is 0 Å². The second-order valence-electron chi connectivity index (χ2n) is 2.75. The fraction of sp³-hybridized carbons (Fsp3) is 0.500. The lowest BCUT2D eigenvalue weighted by Crippen LogP contribution is -2.22. The van der Waals surface area contributed by atoms with Crippen LogP contribution in [0.1, 0.15) is 5.69 Å². The maximum Gasteiger partial charge on any atom is 0.321 e. The van der Waals surface area contributed by atoms with Crippen LogP contribution in [0.5, 0.6) is 0 Å². The number of hydrogen-bond acceptors (Lipinski definition) is 3. The van der Waals surface area contributed by atoms with Crippen molar-refractivity contribution in [2.45, 2.75) is 18.3 Å². The lowest BCUT2D eigenvalue weighted by atomic mass is 10.4. The Kier molecular flexibility index (Phi) is 3.95. The minimum Gasteiger partial charge on any atom is -0.468 e. The second-order valence-corrected chi connectivity index (χ2v) is 4.26. The average molecular weight is 282 g/mol. The topological polar surface area (TPSA) is 44.1 Å². The van der Waals surface area contributed by atoms with E-state index in [-0.39, 0.29) is 5.97 Å². The number of carbonyl (C=O) groups is 1. The van der Waals surface area contributed by atoms with Crippen molar-refractivity contribution in [1.82, 2.24) is 9.78 Å². The third-order valence-electron chi connectivity index (χ3n) is 1.83. The third-order valence-corrected chi connectivity index (χ3v) is 2.87. The highest BCUT2D eigenvalue weighted by Gasteiger charge is 2.17. The van der Waals surface area contributed by atoms with Gasteiger partial charge in [-0.1, -0.05) is 27.5 Å². The van der Waals surface area contributed by atoms with Gasteiger partial charge in [-0.15, -0.1) is 0 Å². The molecule has 0 N–H and O–H groups in total. The molecule has 0 saturated carbocycles. The predicted molar refractivity (Wildman–Crippen MR) is 56.7 cm³/mol. The van der Waals surface area contributed by atoms with Crippen LogP contribution in [0.4, 0.5) is 0 Å². The monoisotopic (exact) mass is 280 g/mol. The summed E-state index contributed by atoms with van der Waals surface area (Å²) in [4.78, 5) is 10.7. The minimum absolute atomic E-state index is 0.323. The number of halogens is 2. The maximum atomic E-state index is 11.1. The van der Waals surface area contributed by atoms with Gasteiger partial charge < -0.3 is 4.74 Å². The van der Waals surface area contributed by atoms with Gasteiger partial charge in [0, 0.05) is 0 Å². The van der Waals surface area contributed by atoms with Gasteiger partial charge in [0.25, 0.3) is 0 Å². The summed E-state index contributed by atoms with van der Waals surface area (Å²) >= 11 is 9.02. The standard InChI is InChI=1S/C8H10BrClN2O2/c1-5-7(10)3-11-12(5)4-6(9)8(13)14-2/h3,6H,4H2,1-2H3. The molecule has 14 heavy (non-hydrogen) atoms. The number of alkyl halides is 1. The normalized spacial score (nSPS) is 12.6. The zero-order chi connectivity index (χ0) is 10.7. The van der Waals surface area contributed by atoms with E-state index in [2.05, 4.69) is 25.8 Å². The largest absolute Gasteiger partial charge is 0.468 e. The molecule has 0 aliphatic carbocycles. The first-order chi connectivity index (χ1) is 6.56. The molecule has 1 atom stereocenters. The highest BCUT2D eigenvalue weighted by atomic mass is 79.9. The van der Waals surface area contributed by atoms with Gasteiger partial charge in [-0.25, -0.2) is 0 Å². The zero-order valence-corrected chi connectivity index (χ0v) is 10.2. The number of hydrogen-bond donors (Lipinski definition) is 0. The van der Waals surface area contributed by atoms with Gasteiger partial charge in [-0.05, 0) is 6.92 Å². The van der Waals surface area contributed by atoms with E-state index in [1.807, 2.05) is 6.92 Å². The van der Waals surface area contributed by atoms with E-state index < -0.39 is 4.83 Å². The van der Waals surface area contributed by atoms with Crippen LogP contribution in [0.15, 0.2) is 6.20 Å². The van der Waals surface area contributed by atoms with Crippen LogP contribution < -0.4 is 0 Å². The fourth-order valence-corrected chi connectivity index (χ4v) is 1.56. The molecule has 0 aliphatic heterocycles. The van der Waals surface area contributed by atoms with Crippen molar-refractivity contribution in [2.75, 3.05) is 7.11 Å². The minimum atomic E-state index is -0.401. The number of ether oxygens (including phenoxy) is 1. The van der Waals surface area contributed by atoms with Gasteiger partial charge in [0.1, 0.15) is 4.83 Å². The predicted octanol–water partition coefficient (Wildman–Crippen LogP) is 1.78. The Morgan fingerprint density at radius 3 is 2.93 bits per heavy atom. The van der Waals surface area contributed by atoms with Crippen LogP contribution in [0.3, 0.4) is 0 Å². The quantitative estimate of drug-likeness (QED) is 0.627. The number of rotatable bonds is 3. The Balaban J connectivity index is 2.69. The Hall–Kier alpha value is -0.550. The molecular formula is C8H10BrClN2O2. The Morgan fingerprint density at radius 2 is 2.50 bits per heavy atom. The van der Waals surface area contributed by atoms with Crippen molar-refractivity contribution < 1.29 is 9.53 Å². The first-order valence-electron chi connectivity index (χ1n) is 3.96. The van der Waals surface area contributed by atoms with Crippen LogP contribution >= 0.6 is 27.5 Å². The number of esters is 1. The van der Waals surface area contributed by atoms with Gasteiger partial charge >= 0.3 is 5.97 Å². The Labute approximate surface area is 95.3 Å². The smallest absolute Gasteiger partial charge is 0.321 e. The van der Waals surface area contributed by atoms with E-state index in [0.717, 1.165) is 5.69 Å². The lowest BCUT2D eigenvalue weighted by molar-refractivity contribution is -0.140. The van der Waals surface area contributed by atoms with Gasteiger partial charge in [-0.3, -0.25) is 9.48 Å². The first kappa shape index (κ1) is 11.5. The summed E-state index contributed by atoms with van der Waals surface area (Å²) in [6.07, 6.45) is 1.55. The molecule has 6 heteroatoms. The highest BCUT2D eigenvalue weighted by molar-refractivity contribution is 9.10. The van der Waals surface area contributed by atoms with Gasteiger partial charge in [0.15, 0.2) is 0 Å². The molecular weight excluding hydrogens is 271 g/mol. The van der Waals surface area contributed by atoms with Crippen LogP contribution in [-0.2, 0) is 16.1 Å². The van der Waals surface area contributed by atoms with Crippen molar-refractivity contribution in [3.63, 3.8) is 0 Å². The zero-order valence-electron chi connectivity index (χ0n) is 7.83. The van der Waals surface area contributed by atoms with Crippen molar-refractivity contribution in [3.8, 4) is 0 Å². The molecule has 0 amide bonds. The summed E-state index contributed by atoms with van der Waals surface area (Å²) in [7, 11) is 1.35. The van der Waals surface area contributed by atoms with Gasteiger partial charge in [-0.2, -0.15) is 5.10 Å². The molecule has 0 fully saturated rings. The molecule has 0 radical (unpaired) electrons. The van der Waals surface area contributed by atoms with E-state index in [4.69, 9.17) is 11.6 Å². The molecule has 0 saturated heterocycles. The molecule has 0 spiro atoms. The second kappa shape index (κ2) is 4.79. The van der Waals surface area contributed by atoms with Crippen molar-refractivity contribution in [1.29, 1.82) is 0 Å². The number of nitrogens with zero attached hydrogens (tertiary/aromatic N) is 2. The molecule has 0 aromatic carbocycles. The molecule has 1 rings (SSSR count).